The van der Waals surface area contributed by atoms with E-state index in [0.717, 1.165) is 51.6 Å². The van der Waals surface area contributed by atoms with Crippen molar-refractivity contribution in [1.29, 1.82) is 0 Å². The van der Waals surface area contributed by atoms with E-state index in [0.29, 0.717) is 6.54 Å². The second-order valence-electron chi connectivity index (χ2n) is 6.01. The molecule has 0 bridgehead atoms. The minimum absolute atomic E-state index is 0.0845. The van der Waals surface area contributed by atoms with Gasteiger partial charge in [0.25, 0.3) is 0 Å². The third-order valence-corrected chi connectivity index (χ3v) is 4.65. The number of aliphatic carboxylic acids is 1. The van der Waals surface area contributed by atoms with Gasteiger partial charge < -0.3 is 20.2 Å². The van der Waals surface area contributed by atoms with E-state index in [2.05, 4.69) is 5.32 Å². The van der Waals surface area contributed by atoms with Gasteiger partial charge >= 0.3 is 12.0 Å². The van der Waals surface area contributed by atoms with E-state index in [1.807, 2.05) is 11.8 Å². The number of urea groups is 1. The zero-order valence-electron chi connectivity index (χ0n) is 12.9. The Hall–Kier alpha value is -1.30. The smallest absolute Gasteiger partial charge is 0.323 e. The van der Waals surface area contributed by atoms with Crippen LogP contribution in [-0.4, -0.2) is 65.2 Å². The van der Waals surface area contributed by atoms with Crippen molar-refractivity contribution in [2.75, 3.05) is 26.2 Å². The van der Waals surface area contributed by atoms with E-state index in [9.17, 15) is 9.59 Å². The van der Waals surface area contributed by atoms with Gasteiger partial charge in [0.1, 0.15) is 6.54 Å². The molecule has 0 aromatic carbocycles. The third kappa shape index (κ3) is 4.09. The number of piperidine rings is 1. The second-order valence-corrected chi connectivity index (χ2v) is 6.01. The molecule has 21 heavy (non-hydrogen) atoms. The van der Waals surface area contributed by atoms with E-state index < -0.39 is 5.97 Å². The normalized spacial score (nSPS) is 20.4. The molecule has 6 nitrogen and oxygen atoms in total. The lowest BCUT2D eigenvalue weighted by molar-refractivity contribution is -0.138. The first-order valence-corrected chi connectivity index (χ1v) is 8.13. The highest BCUT2D eigenvalue weighted by molar-refractivity contribution is 5.80. The highest BCUT2D eigenvalue weighted by atomic mass is 16.4. The van der Waals surface area contributed by atoms with Crippen molar-refractivity contribution in [3.63, 3.8) is 0 Å². The largest absolute Gasteiger partial charge is 0.480 e. The average Bonchev–Trinajstić information content (AvgIpc) is 3.00. The van der Waals surface area contributed by atoms with Crippen LogP contribution in [0.1, 0.15) is 45.4 Å². The summed E-state index contributed by atoms with van der Waals surface area (Å²) in [6, 6.07) is 0.254. The Kier molecular flexibility index (Phi) is 5.85. The van der Waals surface area contributed by atoms with Crippen LogP contribution in [0, 0.1) is 0 Å². The van der Waals surface area contributed by atoms with Gasteiger partial charge in [0, 0.05) is 18.6 Å². The first kappa shape index (κ1) is 16.1. The van der Waals surface area contributed by atoms with Crippen molar-refractivity contribution in [3.8, 4) is 0 Å². The Bertz CT molecular complexity index is 363. The number of carbonyl (C=O) groups is 2. The minimum atomic E-state index is -0.920. The van der Waals surface area contributed by atoms with Crippen LogP contribution in [0.3, 0.4) is 0 Å². The first-order chi connectivity index (χ1) is 10.1. The van der Waals surface area contributed by atoms with Crippen LogP contribution >= 0.6 is 0 Å². The average molecular weight is 297 g/mol. The van der Waals surface area contributed by atoms with Crippen LogP contribution in [0.5, 0.6) is 0 Å². The molecule has 2 amide bonds. The fourth-order valence-electron chi connectivity index (χ4n) is 3.55. The summed E-state index contributed by atoms with van der Waals surface area (Å²) < 4.78 is 0. The maximum atomic E-state index is 12.9. The molecule has 0 atom stereocenters. The van der Waals surface area contributed by atoms with E-state index in [1.54, 1.807) is 4.90 Å². The van der Waals surface area contributed by atoms with E-state index in [1.165, 1.54) is 0 Å². The molecule has 1 heterocycles. The zero-order chi connectivity index (χ0) is 15.2. The second kappa shape index (κ2) is 7.64. The summed E-state index contributed by atoms with van der Waals surface area (Å²) in [7, 11) is 0. The van der Waals surface area contributed by atoms with Crippen molar-refractivity contribution < 1.29 is 14.7 Å². The fourth-order valence-corrected chi connectivity index (χ4v) is 3.55. The van der Waals surface area contributed by atoms with E-state index in [4.69, 9.17) is 5.11 Å². The molecule has 120 valence electrons. The van der Waals surface area contributed by atoms with Crippen LogP contribution in [0.25, 0.3) is 0 Å². The zero-order valence-corrected chi connectivity index (χ0v) is 12.9. The monoisotopic (exact) mass is 297 g/mol. The quantitative estimate of drug-likeness (QED) is 0.807. The predicted molar refractivity (Wildman–Crippen MR) is 80.3 cm³/mol. The number of carboxylic acid groups (broad SMARTS) is 1. The van der Waals surface area contributed by atoms with Crippen LogP contribution < -0.4 is 5.32 Å². The van der Waals surface area contributed by atoms with Crippen molar-refractivity contribution in [2.45, 2.75) is 57.5 Å². The molecule has 1 saturated heterocycles. The topological polar surface area (TPSA) is 72.9 Å². The van der Waals surface area contributed by atoms with Crippen molar-refractivity contribution in [3.05, 3.63) is 0 Å². The van der Waals surface area contributed by atoms with Crippen LogP contribution in [-0.2, 0) is 4.79 Å². The van der Waals surface area contributed by atoms with Crippen molar-refractivity contribution >= 4 is 12.0 Å². The van der Waals surface area contributed by atoms with Gasteiger partial charge in [-0.2, -0.15) is 0 Å². The molecular formula is C15H27N3O3. The molecule has 0 radical (unpaired) electrons. The Morgan fingerprint density at radius 2 is 1.62 bits per heavy atom. The summed E-state index contributed by atoms with van der Waals surface area (Å²) in [4.78, 5) is 27.5. The molecule has 1 aliphatic heterocycles. The number of rotatable bonds is 5. The lowest BCUT2D eigenvalue weighted by Gasteiger charge is -2.39. The summed E-state index contributed by atoms with van der Waals surface area (Å²) in [5.41, 5.74) is 0. The Morgan fingerprint density at radius 3 is 2.14 bits per heavy atom. The third-order valence-electron chi connectivity index (χ3n) is 4.65. The number of nitrogens with zero attached hydrogens (tertiary/aromatic N) is 2. The number of hydrogen-bond donors (Lipinski definition) is 2. The molecule has 2 fully saturated rings. The highest BCUT2D eigenvalue weighted by Crippen LogP contribution is 2.25. The predicted octanol–water partition coefficient (Wildman–Crippen LogP) is 1.51. The van der Waals surface area contributed by atoms with Gasteiger partial charge in [-0.05, 0) is 45.7 Å². The highest BCUT2D eigenvalue weighted by Gasteiger charge is 2.33. The van der Waals surface area contributed by atoms with Crippen molar-refractivity contribution in [2.24, 2.45) is 0 Å². The fraction of sp³-hybridized carbons (Fsp3) is 0.867. The Morgan fingerprint density at radius 1 is 1.05 bits per heavy atom. The number of carbonyl (C=O) groups excluding carboxylic acids is 1. The van der Waals surface area contributed by atoms with Gasteiger partial charge in [-0.1, -0.05) is 12.8 Å². The molecule has 0 spiro atoms. The summed E-state index contributed by atoms with van der Waals surface area (Å²) in [6.07, 6.45) is 5.95. The van der Waals surface area contributed by atoms with Gasteiger partial charge in [-0.25, -0.2) is 4.79 Å². The first-order valence-electron chi connectivity index (χ1n) is 8.13. The summed E-state index contributed by atoms with van der Waals surface area (Å²) in [5.74, 6) is -0.920. The number of nitrogens with one attached hydrogen (secondary N) is 1. The molecule has 6 heteroatoms. The molecule has 0 aromatic heterocycles. The maximum Gasteiger partial charge on any atom is 0.323 e. The number of amides is 2. The summed E-state index contributed by atoms with van der Waals surface area (Å²) in [6.45, 7) is 4.30. The summed E-state index contributed by atoms with van der Waals surface area (Å²) >= 11 is 0. The lowest BCUT2D eigenvalue weighted by atomic mass is 10.0. The van der Waals surface area contributed by atoms with Crippen LogP contribution in [0.2, 0.25) is 0 Å². The lowest BCUT2D eigenvalue weighted by Crippen LogP contribution is -2.54. The SMILES string of the molecule is CCN(C(=O)N(CC(=O)O)C1CCCC1)C1CCNCC1. The van der Waals surface area contributed by atoms with Gasteiger partial charge in [0.2, 0.25) is 0 Å². The minimum Gasteiger partial charge on any atom is -0.480 e. The maximum absolute atomic E-state index is 12.9. The standard InChI is InChI=1S/C15H27N3O3/c1-2-17(13-7-9-16-10-8-13)15(21)18(11-14(19)20)12-5-3-4-6-12/h12-13,16H,2-11H2,1H3,(H,19,20). The van der Waals surface area contributed by atoms with Gasteiger partial charge in [0.15, 0.2) is 0 Å². The Labute approximate surface area is 126 Å². The molecule has 0 aromatic rings. The van der Waals surface area contributed by atoms with Crippen LogP contribution in [0.4, 0.5) is 4.79 Å². The summed E-state index contributed by atoms with van der Waals surface area (Å²) in [5, 5.41) is 12.4. The molecule has 0 unspecified atom stereocenters. The van der Waals surface area contributed by atoms with Crippen molar-refractivity contribution in [1.82, 2.24) is 15.1 Å². The molecule has 2 rings (SSSR count). The van der Waals surface area contributed by atoms with Crippen LogP contribution in [0.15, 0.2) is 0 Å². The molecular weight excluding hydrogens is 270 g/mol. The van der Waals surface area contributed by atoms with E-state index >= 15 is 0 Å². The molecule has 2 N–H and O–H groups in total. The Balaban J connectivity index is 2.08. The number of carboxylic acids is 1. The molecule has 2 aliphatic rings. The molecule has 1 saturated carbocycles. The van der Waals surface area contributed by atoms with E-state index in [-0.39, 0.29) is 24.7 Å². The number of hydrogen-bond acceptors (Lipinski definition) is 3. The molecule has 1 aliphatic carbocycles. The van der Waals surface area contributed by atoms with Gasteiger partial charge in [0.05, 0.1) is 0 Å². The van der Waals surface area contributed by atoms with Gasteiger partial charge in [-0.15, -0.1) is 0 Å². The van der Waals surface area contributed by atoms with Gasteiger partial charge in [-0.3, -0.25) is 4.79 Å².